The van der Waals surface area contributed by atoms with Gasteiger partial charge in [0, 0.05) is 59.5 Å². The van der Waals surface area contributed by atoms with Crippen LogP contribution in [0.5, 0.6) is 0 Å². The van der Waals surface area contributed by atoms with Crippen molar-refractivity contribution >= 4 is 72.7 Å². The largest absolute Gasteiger partial charge is 0.321 e. The molecule has 0 aliphatic rings. The molecule has 0 saturated heterocycles. The molecule has 2 N–H and O–H groups in total. The second-order valence-electron chi connectivity index (χ2n) is 12.5. The molecule has 0 aliphatic carbocycles. The van der Waals surface area contributed by atoms with Gasteiger partial charge in [0.25, 0.3) is 0 Å². The number of hydrogen-bond donors (Lipinski definition) is 2. The smallest absolute Gasteiger partial charge is 0.227 e. The maximum absolute atomic E-state index is 11.4. The zero-order valence-electron chi connectivity index (χ0n) is 29.6. The van der Waals surface area contributed by atoms with Gasteiger partial charge >= 0.3 is 0 Å². The maximum Gasteiger partial charge on any atom is 0.227 e. The summed E-state index contributed by atoms with van der Waals surface area (Å²) in [7, 11) is 7.92. The Morgan fingerprint density at radius 1 is 0.712 bits per heavy atom. The van der Waals surface area contributed by atoms with Crippen LogP contribution in [0.15, 0.2) is 85.7 Å². The van der Waals surface area contributed by atoms with Gasteiger partial charge in [0.1, 0.15) is 0 Å². The van der Waals surface area contributed by atoms with Crippen molar-refractivity contribution in [2.24, 2.45) is 14.1 Å². The molecule has 8 aromatic rings. The first-order valence-corrected chi connectivity index (χ1v) is 18.1. The fourth-order valence-corrected chi connectivity index (χ4v) is 8.05. The number of fused-ring (bicyclic) bond motifs is 2. The molecular weight excluding hydrogens is 691 g/mol. The molecule has 0 amide bonds. The van der Waals surface area contributed by atoms with Crippen molar-refractivity contribution in [1.29, 1.82) is 0 Å². The number of nitrogens with zero attached hydrogens (tertiary/aromatic N) is 9. The summed E-state index contributed by atoms with van der Waals surface area (Å²) in [5, 5.41) is 14.7. The zero-order chi connectivity index (χ0) is 36.4. The highest BCUT2D eigenvalue weighted by molar-refractivity contribution is 7.19. The SMILES string of the molecule is Cc1sc2cnc(Nc3cnn(C)c3)nc2c1-c1ccccc1C=O.Cc1sc2cnc(Nc3cnn(C)c3)nc2c1-c1ccccc1CN(C)C. The van der Waals surface area contributed by atoms with E-state index >= 15 is 0 Å². The van der Waals surface area contributed by atoms with Crippen LogP contribution in [0.2, 0.25) is 0 Å². The van der Waals surface area contributed by atoms with Crippen LogP contribution in [0.4, 0.5) is 23.3 Å². The lowest BCUT2D eigenvalue weighted by molar-refractivity contribution is 0.112. The average molecular weight is 728 g/mol. The standard InChI is InChI=1S/C20H22N6S.C18H15N5OS/c1-13-18(16-8-6-5-7-14(16)11-25(2)3)19-17(27-13)10-21-20(24-19)23-15-9-22-26(4)12-15;1-11-16(14-6-4-3-5-12(14)10-24)17-15(25-11)8-19-18(22-17)21-13-7-20-23(2)9-13/h5-10,12H,11H2,1-4H3,(H,21,23,24);3-10H,1-2H3,(H,19,21,22). The van der Waals surface area contributed by atoms with E-state index < -0.39 is 0 Å². The van der Waals surface area contributed by atoms with E-state index in [0.29, 0.717) is 17.5 Å². The van der Waals surface area contributed by atoms with Crippen LogP contribution in [0.3, 0.4) is 0 Å². The Hall–Kier alpha value is -5.83. The van der Waals surface area contributed by atoms with Crippen molar-refractivity contribution in [2.75, 3.05) is 24.7 Å². The van der Waals surface area contributed by atoms with Crippen LogP contribution in [-0.2, 0) is 20.6 Å². The molecule has 0 atom stereocenters. The molecule has 262 valence electrons. The highest BCUT2D eigenvalue weighted by atomic mass is 32.1. The lowest BCUT2D eigenvalue weighted by Gasteiger charge is -2.14. The average Bonchev–Trinajstić information content (AvgIpc) is 3.89. The lowest BCUT2D eigenvalue weighted by atomic mass is 9.99. The van der Waals surface area contributed by atoms with Gasteiger partial charge in [-0.25, -0.2) is 19.9 Å². The maximum atomic E-state index is 11.4. The summed E-state index contributed by atoms with van der Waals surface area (Å²) in [5.74, 6) is 1.09. The quantitative estimate of drug-likeness (QED) is 0.140. The number of anilines is 4. The molecular formula is C38H37N11OS2. The van der Waals surface area contributed by atoms with Crippen LogP contribution in [-0.4, -0.2) is 64.8 Å². The summed E-state index contributed by atoms with van der Waals surface area (Å²) in [6, 6.07) is 16.1. The summed E-state index contributed by atoms with van der Waals surface area (Å²) >= 11 is 3.36. The monoisotopic (exact) mass is 727 g/mol. The fraction of sp³-hybridized carbons (Fsp3) is 0.184. The zero-order valence-corrected chi connectivity index (χ0v) is 31.3. The topological polar surface area (TPSA) is 132 Å². The van der Waals surface area contributed by atoms with E-state index in [4.69, 9.17) is 4.98 Å². The molecule has 52 heavy (non-hydrogen) atoms. The van der Waals surface area contributed by atoms with Crippen LogP contribution >= 0.6 is 22.7 Å². The van der Waals surface area contributed by atoms with Crippen LogP contribution in [0.1, 0.15) is 25.7 Å². The summed E-state index contributed by atoms with van der Waals surface area (Å²) in [5.41, 5.74) is 9.80. The molecule has 2 aromatic carbocycles. The molecule has 6 heterocycles. The number of nitrogens with one attached hydrogen (secondary N) is 2. The number of aromatic nitrogens is 8. The van der Waals surface area contributed by atoms with Gasteiger partial charge in [-0.15, -0.1) is 22.7 Å². The second-order valence-corrected chi connectivity index (χ2v) is 15.0. The minimum Gasteiger partial charge on any atom is -0.321 e. The van der Waals surface area contributed by atoms with Gasteiger partial charge in [-0.3, -0.25) is 14.2 Å². The van der Waals surface area contributed by atoms with Crippen LogP contribution in [0, 0.1) is 13.8 Å². The Morgan fingerprint density at radius 2 is 1.21 bits per heavy atom. The third-order valence-electron chi connectivity index (χ3n) is 8.27. The van der Waals surface area contributed by atoms with E-state index in [0.717, 1.165) is 60.6 Å². The van der Waals surface area contributed by atoms with Gasteiger partial charge in [0.15, 0.2) is 6.29 Å². The van der Waals surface area contributed by atoms with E-state index in [1.165, 1.54) is 21.6 Å². The molecule has 0 saturated carbocycles. The van der Waals surface area contributed by atoms with E-state index in [9.17, 15) is 4.79 Å². The lowest BCUT2D eigenvalue weighted by Crippen LogP contribution is -2.11. The van der Waals surface area contributed by atoms with E-state index in [1.807, 2.05) is 70.1 Å². The number of rotatable bonds is 9. The molecule has 14 heteroatoms. The van der Waals surface area contributed by atoms with Gasteiger partial charge in [0.2, 0.25) is 11.9 Å². The van der Waals surface area contributed by atoms with Gasteiger partial charge in [-0.05, 0) is 44.6 Å². The fourth-order valence-electron chi connectivity index (χ4n) is 6.07. The Bertz CT molecular complexity index is 2530. The molecule has 0 spiro atoms. The number of aldehydes is 1. The Kier molecular flexibility index (Phi) is 9.85. The molecule has 8 rings (SSSR count). The third-order valence-corrected chi connectivity index (χ3v) is 10.3. The van der Waals surface area contributed by atoms with E-state index in [1.54, 1.807) is 44.4 Å². The van der Waals surface area contributed by atoms with Crippen molar-refractivity contribution in [2.45, 2.75) is 20.4 Å². The van der Waals surface area contributed by atoms with Crippen molar-refractivity contribution in [3.8, 4) is 22.3 Å². The molecule has 0 bridgehead atoms. The van der Waals surface area contributed by atoms with Crippen molar-refractivity contribution < 1.29 is 4.79 Å². The Morgan fingerprint density at radius 3 is 1.71 bits per heavy atom. The minimum atomic E-state index is 0.503. The first-order chi connectivity index (χ1) is 25.2. The van der Waals surface area contributed by atoms with Crippen molar-refractivity contribution in [3.63, 3.8) is 0 Å². The third kappa shape index (κ3) is 7.30. The Balaban J connectivity index is 0.000000162. The number of benzene rings is 2. The van der Waals surface area contributed by atoms with Gasteiger partial charge in [-0.2, -0.15) is 10.2 Å². The molecule has 0 radical (unpaired) electrons. The van der Waals surface area contributed by atoms with Crippen LogP contribution in [0.25, 0.3) is 42.7 Å². The van der Waals surface area contributed by atoms with Gasteiger partial charge in [0.05, 0.1) is 56.6 Å². The highest BCUT2D eigenvalue weighted by Crippen LogP contribution is 2.40. The van der Waals surface area contributed by atoms with Crippen LogP contribution < -0.4 is 10.6 Å². The van der Waals surface area contributed by atoms with Gasteiger partial charge < -0.3 is 15.5 Å². The number of thiophene rings is 2. The minimum absolute atomic E-state index is 0.503. The Labute approximate surface area is 308 Å². The number of carbonyl (C=O) groups is 1. The number of carbonyl (C=O) groups excluding carboxylic acids is 1. The number of aryl methyl sites for hydroxylation is 4. The molecule has 0 fully saturated rings. The van der Waals surface area contributed by atoms with E-state index in [2.05, 4.69) is 86.0 Å². The summed E-state index contributed by atoms with van der Waals surface area (Å²) in [6.07, 6.45) is 11.8. The van der Waals surface area contributed by atoms with Crippen molar-refractivity contribution in [1.82, 2.24) is 44.4 Å². The molecule has 0 unspecified atom stereocenters. The summed E-state index contributed by atoms with van der Waals surface area (Å²) < 4.78 is 5.55. The first kappa shape index (κ1) is 34.6. The molecule has 6 aromatic heterocycles. The summed E-state index contributed by atoms with van der Waals surface area (Å²) in [4.78, 5) is 34.4. The summed E-state index contributed by atoms with van der Waals surface area (Å²) in [6.45, 7) is 5.08. The first-order valence-electron chi connectivity index (χ1n) is 16.5. The van der Waals surface area contributed by atoms with Crippen molar-refractivity contribution in [3.05, 3.63) is 107 Å². The second kappa shape index (κ2) is 14.8. The number of hydrogen-bond acceptors (Lipinski definition) is 12. The van der Waals surface area contributed by atoms with Gasteiger partial charge in [-0.1, -0.05) is 48.5 Å². The molecule has 0 aliphatic heterocycles. The highest BCUT2D eigenvalue weighted by Gasteiger charge is 2.18. The molecule has 12 nitrogen and oxygen atoms in total. The van der Waals surface area contributed by atoms with E-state index in [-0.39, 0.29) is 0 Å². The predicted molar refractivity (Wildman–Crippen MR) is 211 cm³/mol. The predicted octanol–water partition coefficient (Wildman–Crippen LogP) is 8.16. The normalized spacial score (nSPS) is 11.2.